The fourth-order valence-corrected chi connectivity index (χ4v) is 5.53. The molecule has 1 aliphatic heterocycles. The summed E-state index contributed by atoms with van der Waals surface area (Å²) in [5.41, 5.74) is 1.96. The first-order valence-electron chi connectivity index (χ1n) is 13.2. The minimum atomic E-state index is -0.231. The molecule has 3 N–H and O–H groups in total. The molecule has 0 spiro atoms. The van der Waals surface area contributed by atoms with E-state index in [2.05, 4.69) is 32.6 Å². The Morgan fingerprint density at radius 3 is 2.60 bits per heavy atom. The molecule has 0 aliphatic carbocycles. The SMILES string of the molecule is C=CC(=O)N[C@H]1CCOC[C@H]1Nc1cc2c(NCc3cnn(C)c3)nc(-c3c(Cl)c(OC)cc(OC)c3Cl)cc2cn1. The number of benzene rings is 1. The Kier molecular flexibility index (Phi) is 9.00. The van der Waals surface area contributed by atoms with E-state index < -0.39 is 0 Å². The van der Waals surface area contributed by atoms with Crippen molar-refractivity contribution in [3.05, 3.63) is 65.1 Å². The van der Waals surface area contributed by atoms with E-state index in [1.807, 2.05) is 25.4 Å². The summed E-state index contributed by atoms with van der Waals surface area (Å²) in [5.74, 6) is 1.77. The average molecular weight is 613 g/mol. The molecule has 0 saturated carbocycles. The molecule has 13 heteroatoms. The van der Waals surface area contributed by atoms with Crippen LogP contribution in [0, 0.1) is 0 Å². The Morgan fingerprint density at radius 2 is 1.93 bits per heavy atom. The third-order valence-electron chi connectivity index (χ3n) is 6.97. The third kappa shape index (κ3) is 6.23. The van der Waals surface area contributed by atoms with Gasteiger partial charge in [0.1, 0.15) is 23.1 Å². The Hall–Kier alpha value is -4.06. The predicted molar refractivity (Wildman–Crippen MR) is 164 cm³/mol. The number of pyridine rings is 2. The Bertz CT molecular complexity index is 1600. The number of nitrogens with one attached hydrogen (secondary N) is 3. The second-order valence-electron chi connectivity index (χ2n) is 9.74. The summed E-state index contributed by atoms with van der Waals surface area (Å²) in [6.07, 6.45) is 7.39. The zero-order valence-electron chi connectivity index (χ0n) is 23.4. The molecule has 42 heavy (non-hydrogen) atoms. The van der Waals surface area contributed by atoms with Crippen LogP contribution in [0.25, 0.3) is 22.0 Å². The number of anilines is 2. The molecule has 5 rings (SSSR count). The lowest BCUT2D eigenvalue weighted by Gasteiger charge is -2.32. The maximum atomic E-state index is 12.0. The zero-order chi connectivity index (χ0) is 29.8. The fourth-order valence-electron chi connectivity index (χ4n) is 4.83. The van der Waals surface area contributed by atoms with Crippen molar-refractivity contribution >= 4 is 51.5 Å². The number of hydrogen-bond acceptors (Lipinski definition) is 9. The number of carbonyl (C=O) groups excluding carboxylic acids is 1. The fraction of sp³-hybridized carbons (Fsp3) is 0.310. The van der Waals surface area contributed by atoms with Gasteiger partial charge in [0.2, 0.25) is 5.91 Å². The van der Waals surface area contributed by atoms with E-state index in [9.17, 15) is 4.79 Å². The minimum Gasteiger partial charge on any atom is -0.495 e. The van der Waals surface area contributed by atoms with Gasteiger partial charge in [0, 0.05) is 60.6 Å². The van der Waals surface area contributed by atoms with E-state index in [-0.39, 0.29) is 18.0 Å². The molecule has 1 aromatic carbocycles. The number of rotatable bonds is 10. The van der Waals surface area contributed by atoms with E-state index in [0.29, 0.717) is 70.6 Å². The molecule has 1 amide bonds. The first kappa shape index (κ1) is 29.4. The lowest BCUT2D eigenvalue weighted by molar-refractivity contribution is -0.117. The molecule has 1 saturated heterocycles. The van der Waals surface area contributed by atoms with Crippen LogP contribution >= 0.6 is 23.2 Å². The second-order valence-corrected chi connectivity index (χ2v) is 10.5. The first-order chi connectivity index (χ1) is 20.3. The van der Waals surface area contributed by atoms with Gasteiger partial charge in [-0.25, -0.2) is 9.97 Å². The van der Waals surface area contributed by atoms with Crippen molar-refractivity contribution in [2.24, 2.45) is 7.05 Å². The van der Waals surface area contributed by atoms with Crippen LogP contribution in [0.3, 0.4) is 0 Å². The maximum absolute atomic E-state index is 12.0. The van der Waals surface area contributed by atoms with Gasteiger partial charge in [0.15, 0.2) is 0 Å². The van der Waals surface area contributed by atoms with Crippen molar-refractivity contribution in [2.45, 2.75) is 25.0 Å². The van der Waals surface area contributed by atoms with Crippen molar-refractivity contribution in [2.75, 3.05) is 38.1 Å². The molecule has 1 fully saturated rings. The highest BCUT2D eigenvalue weighted by molar-refractivity contribution is 6.41. The number of fused-ring (bicyclic) bond motifs is 1. The Labute approximate surface area is 253 Å². The van der Waals surface area contributed by atoms with Crippen molar-refractivity contribution in [3.8, 4) is 22.8 Å². The summed E-state index contributed by atoms with van der Waals surface area (Å²) >= 11 is 13.5. The van der Waals surface area contributed by atoms with Gasteiger partial charge in [-0.2, -0.15) is 5.10 Å². The maximum Gasteiger partial charge on any atom is 0.243 e. The number of methoxy groups -OCH3 is 2. The molecule has 1 aliphatic rings. The summed E-state index contributed by atoms with van der Waals surface area (Å²) in [6.45, 7) is 5.00. The quantitative estimate of drug-likeness (QED) is 0.216. The molecule has 4 aromatic rings. The summed E-state index contributed by atoms with van der Waals surface area (Å²) in [4.78, 5) is 21.6. The molecular weight excluding hydrogens is 581 g/mol. The summed E-state index contributed by atoms with van der Waals surface area (Å²) in [6, 6.07) is 5.08. The van der Waals surface area contributed by atoms with Gasteiger partial charge in [-0.15, -0.1) is 0 Å². The number of nitrogens with zero attached hydrogens (tertiary/aromatic N) is 4. The van der Waals surface area contributed by atoms with Gasteiger partial charge in [-0.1, -0.05) is 29.8 Å². The van der Waals surface area contributed by atoms with E-state index in [1.165, 1.54) is 20.3 Å². The van der Waals surface area contributed by atoms with Gasteiger partial charge in [0.25, 0.3) is 0 Å². The van der Waals surface area contributed by atoms with Crippen LogP contribution in [0.15, 0.2) is 49.4 Å². The molecule has 0 radical (unpaired) electrons. The third-order valence-corrected chi connectivity index (χ3v) is 7.72. The van der Waals surface area contributed by atoms with Crippen LogP contribution in [-0.2, 0) is 23.1 Å². The Morgan fingerprint density at radius 1 is 1.17 bits per heavy atom. The zero-order valence-corrected chi connectivity index (χ0v) is 24.9. The molecule has 3 aromatic heterocycles. The smallest absolute Gasteiger partial charge is 0.243 e. The largest absolute Gasteiger partial charge is 0.495 e. The molecule has 11 nitrogen and oxygen atoms in total. The van der Waals surface area contributed by atoms with Gasteiger partial charge < -0.3 is 30.2 Å². The summed E-state index contributed by atoms with van der Waals surface area (Å²) < 4.78 is 18.4. The highest BCUT2D eigenvalue weighted by Gasteiger charge is 2.27. The Balaban J connectivity index is 1.57. The number of halogens is 2. The van der Waals surface area contributed by atoms with Gasteiger partial charge in [0.05, 0.1) is 54.8 Å². The van der Waals surface area contributed by atoms with Crippen LogP contribution in [0.2, 0.25) is 10.0 Å². The monoisotopic (exact) mass is 611 g/mol. The van der Waals surface area contributed by atoms with E-state index >= 15 is 0 Å². The number of ether oxygens (including phenoxy) is 3. The average Bonchev–Trinajstić information content (AvgIpc) is 3.42. The predicted octanol–water partition coefficient (Wildman–Crippen LogP) is 4.84. The molecule has 4 heterocycles. The lowest BCUT2D eigenvalue weighted by atomic mass is 10.0. The lowest BCUT2D eigenvalue weighted by Crippen LogP contribution is -2.52. The number of hydrogen-bond donors (Lipinski definition) is 3. The second kappa shape index (κ2) is 12.8. The molecule has 0 unspecified atom stereocenters. The summed E-state index contributed by atoms with van der Waals surface area (Å²) in [7, 11) is 4.91. The van der Waals surface area contributed by atoms with Gasteiger partial charge in [-0.3, -0.25) is 9.48 Å². The molecule has 2 atom stereocenters. The van der Waals surface area contributed by atoms with E-state index in [0.717, 1.165) is 16.3 Å². The number of aromatic nitrogens is 4. The molecule has 0 bridgehead atoms. The van der Waals surface area contributed by atoms with Gasteiger partial charge in [-0.05, 0) is 24.6 Å². The normalized spacial score (nSPS) is 16.6. The van der Waals surface area contributed by atoms with E-state index in [4.69, 9.17) is 42.4 Å². The van der Waals surface area contributed by atoms with Crippen molar-refractivity contribution in [3.63, 3.8) is 0 Å². The highest BCUT2D eigenvalue weighted by Crippen LogP contribution is 2.46. The van der Waals surface area contributed by atoms with Crippen LogP contribution in [0.1, 0.15) is 12.0 Å². The van der Waals surface area contributed by atoms with Crippen molar-refractivity contribution < 1.29 is 19.0 Å². The highest BCUT2D eigenvalue weighted by atomic mass is 35.5. The van der Waals surface area contributed by atoms with Gasteiger partial charge >= 0.3 is 0 Å². The topological polar surface area (TPSA) is 124 Å². The number of carbonyl (C=O) groups is 1. The van der Waals surface area contributed by atoms with Crippen LogP contribution < -0.4 is 25.4 Å². The van der Waals surface area contributed by atoms with Crippen LogP contribution in [0.5, 0.6) is 11.5 Å². The summed E-state index contributed by atoms with van der Waals surface area (Å²) in [5, 5.41) is 16.3. The van der Waals surface area contributed by atoms with Crippen molar-refractivity contribution in [1.29, 1.82) is 0 Å². The molecular formula is C29H31Cl2N7O4. The number of aryl methyl sites for hydroxylation is 1. The van der Waals surface area contributed by atoms with Crippen molar-refractivity contribution in [1.82, 2.24) is 25.1 Å². The minimum absolute atomic E-state index is 0.141. The number of amides is 1. The van der Waals surface area contributed by atoms with Crippen LogP contribution in [0.4, 0.5) is 11.6 Å². The first-order valence-corrected chi connectivity index (χ1v) is 14.0. The molecule has 220 valence electrons. The van der Waals surface area contributed by atoms with Crippen LogP contribution in [-0.4, -0.2) is 65.2 Å². The standard InChI is InChI=1S/C29H31Cl2N7O4/c1-5-25(39)36-19-6-7-42-15-21(19)35-24-9-18-17(13-32-24)8-20(37-29(18)33-11-16-12-34-38(2)14-16)26-27(30)22(40-3)10-23(41-4)28(26)31/h5,8-10,12-14,19,21H,1,6-7,11,15H2,2-4H3,(H,32,35)(H,33,37)(H,36,39)/t19-,21+/m0/s1. The van der Waals surface area contributed by atoms with E-state index in [1.54, 1.807) is 23.1 Å².